The Morgan fingerprint density at radius 3 is 2.48 bits per heavy atom. The topological polar surface area (TPSA) is 21.3 Å². The Balaban J connectivity index is 2.19. The van der Waals surface area contributed by atoms with E-state index in [4.69, 9.17) is 16.3 Å². The van der Waals surface area contributed by atoms with Crippen molar-refractivity contribution in [2.45, 2.75) is 25.8 Å². The van der Waals surface area contributed by atoms with Crippen molar-refractivity contribution in [1.29, 1.82) is 0 Å². The smallest absolute Gasteiger partial charge is 0.133 e. The lowest BCUT2D eigenvalue weighted by Crippen LogP contribution is -2.10. The van der Waals surface area contributed by atoms with Crippen molar-refractivity contribution in [3.05, 3.63) is 57.5 Å². The Kier molecular flexibility index (Phi) is 5.95. The quantitative estimate of drug-likeness (QED) is 0.668. The monoisotopic (exact) mass is 367 g/mol. The van der Waals surface area contributed by atoms with Crippen LogP contribution in [0.2, 0.25) is 5.02 Å². The third-order valence-electron chi connectivity index (χ3n) is 3.34. The molecule has 0 bridgehead atoms. The molecule has 0 aromatic heterocycles. The number of nitrogens with one attached hydrogen (secondary N) is 1. The van der Waals surface area contributed by atoms with Gasteiger partial charge in [0.05, 0.1) is 17.6 Å². The van der Waals surface area contributed by atoms with Crippen molar-refractivity contribution >= 4 is 33.2 Å². The minimum atomic E-state index is 0.271. The molecule has 0 spiro atoms. The fourth-order valence-corrected chi connectivity index (χ4v) is 2.93. The molecule has 2 aromatic carbocycles. The molecule has 2 aromatic rings. The van der Waals surface area contributed by atoms with Gasteiger partial charge < -0.3 is 10.1 Å². The lowest BCUT2D eigenvalue weighted by molar-refractivity contribution is 0.412. The van der Waals surface area contributed by atoms with Gasteiger partial charge in [-0.3, -0.25) is 0 Å². The number of hydrogen-bond donors (Lipinski definition) is 1. The van der Waals surface area contributed by atoms with Crippen molar-refractivity contribution in [1.82, 2.24) is 0 Å². The molecule has 0 aliphatic heterocycles. The summed E-state index contributed by atoms with van der Waals surface area (Å²) in [6, 6.07) is 14.3. The first-order valence-electron chi connectivity index (χ1n) is 6.99. The predicted molar refractivity (Wildman–Crippen MR) is 93.4 cm³/mol. The number of rotatable bonds is 6. The van der Waals surface area contributed by atoms with Crippen LogP contribution < -0.4 is 10.1 Å². The Hall–Kier alpha value is -1.19. The van der Waals surface area contributed by atoms with Crippen molar-refractivity contribution in [2.75, 3.05) is 12.4 Å². The maximum Gasteiger partial charge on any atom is 0.133 e. The highest BCUT2D eigenvalue weighted by Gasteiger charge is 2.11. The van der Waals surface area contributed by atoms with Gasteiger partial charge in [-0.2, -0.15) is 0 Å². The second kappa shape index (κ2) is 7.71. The number of halogens is 2. The fraction of sp³-hybridized carbons (Fsp3) is 0.294. The molecule has 0 heterocycles. The van der Waals surface area contributed by atoms with E-state index in [1.165, 1.54) is 5.56 Å². The van der Waals surface area contributed by atoms with E-state index < -0.39 is 0 Å². The van der Waals surface area contributed by atoms with E-state index in [1.54, 1.807) is 7.11 Å². The van der Waals surface area contributed by atoms with Crippen LogP contribution in [0.15, 0.2) is 46.9 Å². The van der Waals surface area contributed by atoms with Crippen molar-refractivity contribution in [3.63, 3.8) is 0 Å². The first kappa shape index (κ1) is 16.2. The molecule has 0 aliphatic carbocycles. The van der Waals surface area contributed by atoms with E-state index in [9.17, 15) is 0 Å². The van der Waals surface area contributed by atoms with Gasteiger partial charge in [0.1, 0.15) is 5.75 Å². The van der Waals surface area contributed by atoms with Crippen LogP contribution in [0.3, 0.4) is 0 Å². The van der Waals surface area contributed by atoms with Crippen LogP contribution in [0.5, 0.6) is 5.75 Å². The molecule has 112 valence electrons. The summed E-state index contributed by atoms with van der Waals surface area (Å²) in [6.45, 7) is 2.19. The fourth-order valence-electron chi connectivity index (χ4n) is 2.26. The molecule has 0 radical (unpaired) electrons. The summed E-state index contributed by atoms with van der Waals surface area (Å²) < 4.78 is 6.21. The first-order valence-corrected chi connectivity index (χ1v) is 8.16. The molecule has 0 saturated carbocycles. The zero-order chi connectivity index (χ0) is 15.2. The zero-order valence-corrected chi connectivity index (χ0v) is 14.5. The highest BCUT2D eigenvalue weighted by Crippen LogP contribution is 2.31. The van der Waals surface area contributed by atoms with E-state index in [1.807, 2.05) is 30.3 Å². The number of hydrogen-bond acceptors (Lipinski definition) is 2. The third kappa shape index (κ3) is 4.39. The van der Waals surface area contributed by atoms with Gasteiger partial charge in [0.15, 0.2) is 0 Å². The summed E-state index contributed by atoms with van der Waals surface area (Å²) in [5, 5.41) is 4.34. The number of ether oxygens (including phenoxy) is 1. The average molecular weight is 369 g/mol. The van der Waals surface area contributed by atoms with Crippen LogP contribution in [0.1, 0.15) is 31.4 Å². The second-order valence-electron chi connectivity index (χ2n) is 4.89. The molecule has 0 saturated heterocycles. The van der Waals surface area contributed by atoms with Crippen LogP contribution >= 0.6 is 27.5 Å². The lowest BCUT2D eigenvalue weighted by Gasteiger charge is -2.20. The normalized spacial score (nSPS) is 12.0. The lowest BCUT2D eigenvalue weighted by atomic mass is 10.0. The Labute approximate surface area is 139 Å². The van der Waals surface area contributed by atoms with E-state index in [2.05, 4.69) is 40.3 Å². The number of anilines is 1. The molecule has 4 heteroatoms. The Bertz CT molecular complexity index is 586. The third-order valence-corrected chi connectivity index (χ3v) is 4.21. The molecule has 0 amide bonds. The summed E-state index contributed by atoms with van der Waals surface area (Å²) in [5.41, 5.74) is 2.31. The zero-order valence-electron chi connectivity index (χ0n) is 12.2. The number of benzene rings is 2. The molecule has 0 fully saturated rings. The molecule has 2 rings (SSSR count). The van der Waals surface area contributed by atoms with E-state index >= 15 is 0 Å². The van der Waals surface area contributed by atoms with E-state index in [0.29, 0.717) is 0 Å². The Morgan fingerprint density at radius 2 is 1.90 bits per heavy atom. The molecular weight excluding hydrogens is 350 g/mol. The average Bonchev–Trinajstić information content (AvgIpc) is 2.48. The van der Waals surface area contributed by atoms with Gasteiger partial charge in [0, 0.05) is 10.7 Å². The molecule has 0 aliphatic rings. The van der Waals surface area contributed by atoms with Gasteiger partial charge in [-0.25, -0.2) is 0 Å². The summed E-state index contributed by atoms with van der Waals surface area (Å²) >= 11 is 9.49. The SMILES string of the molecule is CCCC(Nc1ccc(OC)c(Br)c1)c1ccc(Cl)cc1. The summed E-state index contributed by atoms with van der Waals surface area (Å²) in [4.78, 5) is 0. The Morgan fingerprint density at radius 1 is 1.19 bits per heavy atom. The van der Waals surface area contributed by atoms with Gasteiger partial charge in [-0.05, 0) is 58.2 Å². The van der Waals surface area contributed by atoms with Crippen LogP contribution in [0, 0.1) is 0 Å². The van der Waals surface area contributed by atoms with Crippen LogP contribution in [-0.4, -0.2) is 7.11 Å². The summed E-state index contributed by atoms with van der Waals surface area (Å²) in [7, 11) is 1.67. The van der Waals surface area contributed by atoms with Crippen molar-refractivity contribution in [3.8, 4) is 5.75 Å². The van der Waals surface area contributed by atoms with Gasteiger partial charge >= 0.3 is 0 Å². The molecule has 1 N–H and O–H groups in total. The van der Waals surface area contributed by atoms with Crippen LogP contribution in [-0.2, 0) is 0 Å². The molecular formula is C17H19BrClNO. The molecule has 1 atom stereocenters. The molecule has 2 nitrogen and oxygen atoms in total. The van der Waals surface area contributed by atoms with Crippen molar-refractivity contribution < 1.29 is 4.74 Å². The standard InChI is InChI=1S/C17H19BrClNO/c1-3-4-16(12-5-7-13(19)8-6-12)20-14-9-10-17(21-2)15(18)11-14/h5-11,16,20H,3-4H2,1-2H3. The van der Waals surface area contributed by atoms with E-state index in [-0.39, 0.29) is 6.04 Å². The maximum atomic E-state index is 5.97. The van der Waals surface area contributed by atoms with Gasteiger partial charge in [-0.1, -0.05) is 37.1 Å². The van der Waals surface area contributed by atoms with Crippen LogP contribution in [0.25, 0.3) is 0 Å². The maximum absolute atomic E-state index is 5.97. The summed E-state index contributed by atoms with van der Waals surface area (Å²) in [6.07, 6.45) is 2.17. The number of methoxy groups -OCH3 is 1. The largest absolute Gasteiger partial charge is 0.496 e. The minimum Gasteiger partial charge on any atom is -0.496 e. The van der Waals surface area contributed by atoms with Crippen LogP contribution in [0.4, 0.5) is 5.69 Å². The predicted octanol–water partition coefficient (Wildman–Crippen LogP) is 6.06. The molecule has 1 unspecified atom stereocenters. The highest BCUT2D eigenvalue weighted by atomic mass is 79.9. The first-order chi connectivity index (χ1) is 10.1. The second-order valence-corrected chi connectivity index (χ2v) is 6.18. The van der Waals surface area contributed by atoms with Gasteiger partial charge in [0.2, 0.25) is 0 Å². The van der Waals surface area contributed by atoms with Gasteiger partial charge in [-0.15, -0.1) is 0 Å². The highest BCUT2D eigenvalue weighted by molar-refractivity contribution is 9.10. The summed E-state index contributed by atoms with van der Waals surface area (Å²) in [5.74, 6) is 0.832. The van der Waals surface area contributed by atoms with E-state index in [0.717, 1.165) is 33.8 Å². The molecule has 21 heavy (non-hydrogen) atoms. The van der Waals surface area contributed by atoms with Gasteiger partial charge in [0.25, 0.3) is 0 Å². The minimum absolute atomic E-state index is 0.271. The van der Waals surface area contributed by atoms with Crippen molar-refractivity contribution in [2.24, 2.45) is 0 Å².